The van der Waals surface area contributed by atoms with Gasteiger partial charge in [-0.15, -0.1) is 0 Å². The first-order valence-electron chi connectivity index (χ1n) is 4.80. The molecule has 1 fully saturated rings. The van der Waals surface area contributed by atoms with Crippen molar-refractivity contribution in [1.29, 1.82) is 0 Å². The molecule has 0 bridgehead atoms. The first-order chi connectivity index (χ1) is 6.56. The Morgan fingerprint density at radius 2 is 1.79 bits per heavy atom. The number of ether oxygens (including phenoxy) is 2. The maximum absolute atomic E-state index is 9.51. The standard InChI is InChI=1S/C9H18O5/c1-5(2)13-4-7-9(12)8(11)6(3-10)14-7/h5-12H,3-4H2,1-2H3/t6-,7-,8-,9-/m1/s1. The Balaban J connectivity index is 2.40. The molecule has 0 saturated carbocycles. The molecule has 1 saturated heterocycles. The van der Waals surface area contributed by atoms with Crippen LogP contribution in [-0.2, 0) is 9.47 Å². The number of aliphatic hydroxyl groups excluding tert-OH is 3. The van der Waals surface area contributed by atoms with E-state index in [2.05, 4.69) is 0 Å². The number of hydrogen-bond donors (Lipinski definition) is 3. The minimum atomic E-state index is -1.03. The topological polar surface area (TPSA) is 79.2 Å². The van der Waals surface area contributed by atoms with Gasteiger partial charge in [-0.3, -0.25) is 0 Å². The van der Waals surface area contributed by atoms with Gasteiger partial charge in [0.1, 0.15) is 24.4 Å². The van der Waals surface area contributed by atoms with Crippen molar-refractivity contribution in [2.75, 3.05) is 13.2 Å². The van der Waals surface area contributed by atoms with Crippen LogP contribution in [0.3, 0.4) is 0 Å². The molecular weight excluding hydrogens is 188 g/mol. The molecule has 1 heterocycles. The van der Waals surface area contributed by atoms with Gasteiger partial charge in [-0.1, -0.05) is 0 Å². The lowest BCUT2D eigenvalue weighted by Gasteiger charge is -2.16. The van der Waals surface area contributed by atoms with Crippen molar-refractivity contribution in [1.82, 2.24) is 0 Å². The van der Waals surface area contributed by atoms with Crippen LogP contribution in [0.25, 0.3) is 0 Å². The van der Waals surface area contributed by atoms with Crippen LogP contribution in [0, 0.1) is 0 Å². The monoisotopic (exact) mass is 206 g/mol. The van der Waals surface area contributed by atoms with Crippen molar-refractivity contribution in [3.8, 4) is 0 Å². The molecule has 1 aliphatic rings. The van der Waals surface area contributed by atoms with Crippen molar-refractivity contribution in [3.63, 3.8) is 0 Å². The molecule has 1 aliphatic heterocycles. The predicted molar refractivity (Wildman–Crippen MR) is 48.8 cm³/mol. The summed E-state index contributed by atoms with van der Waals surface area (Å²) in [7, 11) is 0. The normalized spacial score (nSPS) is 38.1. The summed E-state index contributed by atoms with van der Waals surface area (Å²) >= 11 is 0. The zero-order chi connectivity index (χ0) is 10.7. The van der Waals surface area contributed by atoms with Gasteiger partial charge >= 0.3 is 0 Å². The summed E-state index contributed by atoms with van der Waals surface area (Å²) < 4.78 is 10.5. The van der Waals surface area contributed by atoms with Gasteiger partial charge in [-0.05, 0) is 13.8 Å². The molecule has 1 rings (SSSR count). The van der Waals surface area contributed by atoms with Gasteiger partial charge in [0.2, 0.25) is 0 Å². The van der Waals surface area contributed by atoms with Crippen LogP contribution < -0.4 is 0 Å². The van der Waals surface area contributed by atoms with E-state index in [1.54, 1.807) is 0 Å². The quantitative estimate of drug-likeness (QED) is 0.544. The summed E-state index contributed by atoms with van der Waals surface area (Å²) in [6, 6.07) is 0. The van der Waals surface area contributed by atoms with Gasteiger partial charge in [0.15, 0.2) is 0 Å². The fraction of sp³-hybridized carbons (Fsp3) is 1.00. The van der Waals surface area contributed by atoms with E-state index >= 15 is 0 Å². The molecule has 0 aromatic heterocycles. The second-order valence-corrected chi connectivity index (χ2v) is 3.76. The second kappa shape index (κ2) is 5.04. The molecule has 0 aliphatic carbocycles. The average molecular weight is 206 g/mol. The minimum Gasteiger partial charge on any atom is -0.394 e. The average Bonchev–Trinajstić information content (AvgIpc) is 2.41. The van der Waals surface area contributed by atoms with E-state index in [0.29, 0.717) is 0 Å². The zero-order valence-electron chi connectivity index (χ0n) is 8.46. The number of rotatable bonds is 4. The summed E-state index contributed by atoms with van der Waals surface area (Å²) in [4.78, 5) is 0. The summed E-state index contributed by atoms with van der Waals surface area (Å²) in [5.74, 6) is 0. The van der Waals surface area contributed by atoms with Crippen molar-refractivity contribution < 1.29 is 24.8 Å². The van der Waals surface area contributed by atoms with Crippen LogP contribution in [-0.4, -0.2) is 59.1 Å². The highest BCUT2D eigenvalue weighted by atomic mass is 16.6. The smallest absolute Gasteiger partial charge is 0.111 e. The van der Waals surface area contributed by atoms with E-state index < -0.39 is 24.4 Å². The highest BCUT2D eigenvalue weighted by molar-refractivity contribution is 4.90. The molecule has 5 heteroatoms. The first kappa shape index (κ1) is 11.9. The van der Waals surface area contributed by atoms with Crippen molar-refractivity contribution in [2.24, 2.45) is 0 Å². The van der Waals surface area contributed by atoms with E-state index in [9.17, 15) is 10.2 Å². The first-order valence-corrected chi connectivity index (χ1v) is 4.80. The lowest BCUT2D eigenvalue weighted by atomic mass is 10.1. The van der Waals surface area contributed by atoms with Crippen molar-refractivity contribution in [2.45, 2.75) is 44.4 Å². The molecule has 0 radical (unpaired) electrons. The SMILES string of the molecule is CC(C)OC[C@H]1O[C@H](CO)[C@@H](O)[C@@H]1O. The summed E-state index contributed by atoms with van der Waals surface area (Å²) in [5.41, 5.74) is 0. The van der Waals surface area contributed by atoms with Crippen LogP contribution in [0.15, 0.2) is 0 Å². The third-order valence-corrected chi connectivity index (χ3v) is 2.24. The third-order valence-electron chi connectivity index (χ3n) is 2.24. The Hall–Kier alpha value is -0.200. The van der Waals surface area contributed by atoms with E-state index in [1.807, 2.05) is 13.8 Å². The molecule has 14 heavy (non-hydrogen) atoms. The van der Waals surface area contributed by atoms with Crippen LogP contribution in [0.2, 0.25) is 0 Å². The Bertz CT molecular complexity index is 173. The Labute approximate surface area is 83.3 Å². The van der Waals surface area contributed by atoms with Crippen LogP contribution in [0.5, 0.6) is 0 Å². The van der Waals surface area contributed by atoms with E-state index in [4.69, 9.17) is 14.6 Å². The molecule has 0 amide bonds. The molecule has 4 atom stereocenters. The van der Waals surface area contributed by atoms with Crippen LogP contribution in [0.4, 0.5) is 0 Å². The summed E-state index contributed by atoms with van der Waals surface area (Å²) in [6.45, 7) is 3.69. The molecule has 0 spiro atoms. The maximum atomic E-state index is 9.51. The predicted octanol–water partition coefficient (Wildman–Crippen LogP) is -1.11. The van der Waals surface area contributed by atoms with Gasteiger partial charge in [0, 0.05) is 0 Å². The van der Waals surface area contributed by atoms with Gasteiger partial charge in [0.25, 0.3) is 0 Å². The summed E-state index contributed by atoms with van der Waals surface area (Å²) in [5, 5.41) is 27.7. The minimum absolute atomic E-state index is 0.0520. The van der Waals surface area contributed by atoms with Gasteiger partial charge < -0.3 is 24.8 Å². The molecule has 3 N–H and O–H groups in total. The molecule has 0 unspecified atom stereocenters. The fourth-order valence-electron chi connectivity index (χ4n) is 1.40. The largest absolute Gasteiger partial charge is 0.394 e. The lowest BCUT2D eigenvalue weighted by Crippen LogP contribution is -2.35. The van der Waals surface area contributed by atoms with E-state index in [1.165, 1.54) is 0 Å². The maximum Gasteiger partial charge on any atom is 0.111 e. The van der Waals surface area contributed by atoms with Crippen molar-refractivity contribution >= 4 is 0 Å². The summed E-state index contributed by atoms with van der Waals surface area (Å²) in [6.07, 6.45) is -3.21. The highest BCUT2D eigenvalue weighted by Crippen LogP contribution is 2.21. The van der Waals surface area contributed by atoms with Gasteiger partial charge in [0.05, 0.1) is 19.3 Å². The molecule has 5 nitrogen and oxygen atoms in total. The Kier molecular flexibility index (Phi) is 4.28. The highest BCUT2D eigenvalue weighted by Gasteiger charge is 2.42. The molecule has 0 aromatic carbocycles. The number of aliphatic hydroxyl groups is 3. The Morgan fingerprint density at radius 3 is 2.21 bits per heavy atom. The Morgan fingerprint density at radius 1 is 1.21 bits per heavy atom. The molecule has 0 aromatic rings. The van der Waals surface area contributed by atoms with Gasteiger partial charge in [-0.2, -0.15) is 0 Å². The lowest BCUT2D eigenvalue weighted by molar-refractivity contribution is -0.0671. The third kappa shape index (κ3) is 2.65. The van der Waals surface area contributed by atoms with E-state index in [0.717, 1.165) is 0 Å². The zero-order valence-corrected chi connectivity index (χ0v) is 8.46. The molecule has 84 valence electrons. The fourth-order valence-corrected chi connectivity index (χ4v) is 1.40. The van der Waals surface area contributed by atoms with Crippen LogP contribution >= 0.6 is 0 Å². The number of hydrogen-bond acceptors (Lipinski definition) is 5. The second-order valence-electron chi connectivity index (χ2n) is 3.76. The van der Waals surface area contributed by atoms with Crippen molar-refractivity contribution in [3.05, 3.63) is 0 Å². The van der Waals surface area contributed by atoms with E-state index in [-0.39, 0.29) is 19.3 Å². The van der Waals surface area contributed by atoms with Crippen LogP contribution in [0.1, 0.15) is 13.8 Å². The van der Waals surface area contributed by atoms with Gasteiger partial charge in [-0.25, -0.2) is 0 Å². The molecular formula is C9H18O5.